The van der Waals surface area contributed by atoms with Crippen molar-refractivity contribution in [2.75, 3.05) is 13.2 Å². The molecule has 2 rings (SSSR count). The fourth-order valence-corrected chi connectivity index (χ4v) is 1.48. The van der Waals surface area contributed by atoms with E-state index in [0.29, 0.717) is 13.0 Å². The predicted molar refractivity (Wildman–Crippen MR) is 70.2 cm³/mol. The van der Waals surface area contributed by atoms with Crippen LogP contribution in [0.5, 0.6) is 17.2 Å². The topological polar surface area (TPSA) is 38.7 Å². The highest BCUT2D eigenvalue weighted by Gasteiger charge is 1.98. The van der Waals surface area contributed by atoms with Crippen LogP contribution in [0.2, 0.25) is 0 Å². The maximum Gasteiger partial charge on any atom is 0.127 e. The standard InChI is InChI=1S/C15H16O3/c16-11-4-12-17-13-7-9-15(10-8-13)18-14-5-2-1-3-6-14/h1-3,5-10,16H,4,11-12H2. The molecule has 0 aliphatic heterocycles. The van der Waals surface area contributed by atoms with Gasteiger partial charge in [-0.25, -0.2) is 0 Å². The second-order valence-electron chi connectivity index (χ2n) is 3.81. The molecule has 1 N–H and O–H groups in total. The lowest BCUT2D eigenvalue weighted by molar-refractivity contribution is 0.233. The van der Waals surface area contributed by atoms with Gasteiger partial charge in [0.25, 0.3) is 0 Å². The number of benzene rings is 2. The molecule has 0 aliphatic carbocycles. The SMILES string of the molecule is OCCCOc1ccc(Oc2ccccc2)cc1. The Morgan fingerprint density at radius 1 is 0.778 bits per heavy atom. The van der Waals surface area contributed by atoms with Crippen molar-refractivity contribution < 1.29 is 14.6 Å². The maximum atomic E-state index is 8.65. The minimum Gasteiger partial charge on any atom is -0.494 e. The predicted octanol–water partition coefficient (Wildman–Crippen LogP) is 3.24. The number of hydrogen-bond donors (Lipinski definition) is 1. The van der Waals surface area contributed by atoms with Crippen molar-refractivity contribution in [1.82, 2.24) is 0 Å². The Morgan fingerprint density at radius 2 is 1.39 bits per heavy atom. The van der Waals surface area contributed by atoms with Gasteiger partial charge in [0.05, 0.1) is 6.61 Å². The van der Waals surface area contributed by atoms with E-state index in [4.69, 9.17) is 14.6 Å². The molecule has 0 aromatic heterocycles. The first-order chi connectivity index (χ1) is 8.88. The molecule has 0 unspecified atom stereocenters. The second kappa shape index (κ2) is 6.67. The molecule has 0 saturated heterocycles. The molecule has 0 spiro atoms. The summed E-state index contributed by atoms with van der Waals surface area (Å²) in [6, 6.07) is 17.1. The van der Waals surface area contributed by atoms with Crippen molar-refractivity contribution in [3.8, 4) is 17.2 Å². The molecule has 94 valence electrons. The highest BCUT2D eigenvalue weighted by atomic mass is 16.5. The fraction of sp³-hybridized carbons (Fsp3) is 0.200. The van der Waals surface area contributed by atoms with Gasteiger partial charge in [0.2, 0.25) is 0 Å². The third kappa shape index (κ3) is 3.79. The summed E-state index contributed by atoms with van der Waals surface area (Å²) < 4.78 is 11.1. The van der Waals surface area contributed by atoms with E-state index in [9.17, 15) is 0 Å². The molecular weight excluding hydrogens is 228 g/mol. The number of ether oxygens (including phenoxy) is 2. The normalized spacial score (nSPS) is 10.1. The second-order valence-corrected chi connectivity index (χ2v) is 3.81. The van der Waals surface area contributed by atoms with Gasteiger partial charge in [0.1, 0.15) is 17.2 Å². The lowest BCUT2D eigenvalue weighted by Gasteiger charge is -2.07. The summed E-state index contributed by atoms with van der Waals surface area (Å²) in [5, 5.41) is 8.65. The number of aliphatic hydroxyl groups excluding tert-OH is 1. The average Bonchev–Trinajstić information content (AvgIpc) is 2.42. The maximum absolute atomic E-state index is 8.65. The molecule has 3 nitrogen and oxygen atoms in total. The van der Waals surface area contributed by atoms with Crippen LogP contribution in [0.3, 0.4) is 0 Å². The summed E-state index contributed by atoms with van der Waals surface area (Å²) in [6.45, 7) is 0.671. The van der Waals surface area contributed by atoms with Crippen LogP contribution in [-0.4, -0.2) is 18.3 Å². The molecule has 0 bridgehead atoms. The van der Waals surface area contributed by atoms with Crippen LogP contribution in [0.25, 0.3) is 0 Å². The largest absolute Gasteiger partial charge is 0.494 e. The van der Waals surface area contributed by atoms with Crippen molar-refractivity contribution in [2.24, 2.45) is 0 Å². The fourth-order valence-electron chi connectivity index (χ4n) is 1.48. The van der Waals surface area contributed by atoms with Crippen LogP contribution in [0.1, 0.15) is 6.42 Å². The smallest absolute Gasteiger partial charge is 0.127 e. The van der Waals surface area contributed by atoms with Crippen LogP contribution in [0, 0.1) is 0 Å². The number of aliphatic hydroxyl groups is 1. The third-order valence-corrected chi connectivity index (χ3v) is 2.37. The molecule has 0 saturated carbocycles. The van der Waals surface area contributed by atoms with E-state index in [1.807, 2.05) is 54.6 Å². The quantitative estimate of drug-likeness (QED) is 0.793. The van der Waals surface area contributed by atoms with Crippen molar-refractivity contribution in [2.45, 2.75) is 6.42 Å². The third-order valence-electron chi connectivity index (χ3n) is 2.37. The van der Waals surface area contributed by atoms with Crippen molar-refractivity contribution in [3.05, 3.63) is 54.6 Å². The molecule has 3 heteroatoms. The van der Waals surface area contributed by atoms with Gasteiger partial charge in [-0.2, -0.15) is 0 Å². The highest BCUT2D eigenvalue weighted by molar-refractivity contribution is 5.35. The molecule has 0 atom stereocenters. The summed E-state index contributed by atoms with van der Waals surface area (Å²) >= 11 is 0. The molecule has 2 aromatic carbocycles. The lowest BCUT2D eigenvalue weighted by Crippen LogP contribution is -1.99. The van der Waals surface area contributed by atoms with Crippen LogP contribution in [0.4, 0.5) is 0 Å². The van der Waals surface area contributed by atoms with Gasteiger partial charge in [-0.05, 0) is 36.4 Å². The molecule has 18 heavy (non-hydrogen) atoms. The molecule has 2 aromatic rings. The highest BCUT2D eigenvalue weighted by Crippen LogP contribution is 2.23. The van der Waals surface area contributed by atoms with Gasteiger partial charge in [0, 0.05) is 13.0 Å². The van der Waals surface area contributed by atoms with Crippen LogP contribution in [-0.2, 0) is 0 Å². The Labute approximate surface area is 107 Å². The van der Waals surface area contributed by atoms with Crippen molar-refractivity contribution in [3.63, 3.8) is 0 Å². The Hall–Kier alpha value is -2.00. The van der Waals surface area contributed by atoms with Gasteiger partial charge < -0.3 is 14.6 Å². The summed E-state index contributed by atoms with van der Waals surface area (Å²) in [4.78, 5) is 0. The zero-order valence-corrected chi connectivity index (χ0v) is 10.1. The van der Waals surface area contributed by atoms with E-state index < -0.39 is 0 Å². The van der Waals surface area contributed by atoms with Gasteiger partial charge in [-0.1, -0.05) is 18.2 Å². The minimum absolute atomic E-state index is 0.148. The van der Waals surface area contributed by atoms with E-state index in [1.165, 1.54) is 0 Å². The monoisotopic (exact) mass is 244 g/mol. The van der Waals surface area contributed by atoms with Crippen LogP contribution < -0.4 is 9.47 Å². The van der Waals surface area contributed by atoms with E-state index in [-0.39, 0.29) is 6.61 Å². The molecular formula is C15H16O3. The van der Waals surface area contributed by atoms with E-state index >= 15 is 0 Å². The number of rotatable bonds is 6. The molecule has 0 heterocycles. The summed E-state index contributed by atoms with van der Waals surface area (Å²) in [6.07, 6.45) is 0.641. The van der Waals surface area contributed by atoms with E-state index in [1.54, 1.807) is 0 Å². The minimum atomic E-state index is 0.148. The van der Waals surface area contributed by atoms with Gasteiger partial charge in [0.15, 0.2) is 0 Å². The van der Waals surface area contributed by atoms with Gasteiger partial charge in [-0.15, -0.1) is 0 Å². The Morgan fingerprint density at radius 3 is 2.06 bits per heavy atom. The molecule has 0 aliphatic rings. The summed E-state index contributed by atoms with van der Waals surface area (Å²) in [5.41, 5.74) is 0. The first-order valence-corrected chi connectivity index (χ1v) is 5.95. The average molecular weight is 244 g/mol. The summed E-state index contributed by atoms with van der Waals surface area (Å²) in [7, 11) is 0. The number of para-hydroxylation sites is 1. The Kier molecular flexibility index (Phi) is 4.61. The zero-order chi connectivity index (χ0) is 12.6. The van der Waals surface area contributed by atoms with E-state index in [0.717, 1.165) is 17.2 Å². The Balaban J connectivity index is 1.91. The summed E-state index contributed by atoms with van der Waals surface area (Å²) in [5.74, 6) is 2.37. The van der Waals surface area contributed by atoms with Gasteiger partial charge in [-0.3, -0.25) is 0 Å². The van der Waals surface area contributed by atoms with Crippen molar-refractivity contribution in [1.29, 1.82) is 0 Å². The molecule has 0 fully saturated rings. The number of hydrogen-bond acceptors (Lipinski definition) is 3. The molecule has 0 radical (unpaired) electrons. The Bertz CT molecular complexity index is 451. The lowest BCUT2D eigenvalue weighted by atomic mass is 10.3. The zero-order valence-electron chi connectivity index (χ0n) is 10.1. The van der Waals surface area contributed by atoms with Gasteiger partial charge >= 0.3 is 0 Å². The van der Waals surface area contributed by atoms with Crippen LogP contribution >= 0.6 is 0 Å². The first kappa shape index (κ1) is 12.5. The molecule has 0 amide bonds. The van der Waals surface area contributed by atoms with Crippen molar-refractivity contribution >= 4 is 0 Å². The van der Waals surface area contributed by atoms with E-state index in [2.05, 4.69) is 0 Å². The first-order valence-electron chi connectivity index (χ1n) is 5.95. The van der Waals surface area contributed by atoms with Crippen LogP contribution in [0.15, 0.2) is 54.6 Å².